The van der Waals surface area contributed by atoms with Gasteiger partial charge in [0.15, 0.2) is 0 Å². The zero-order chi connectivity index (χ0) is 18.3. The molecule has 134 valence electrons. The van der Waals surface area contributed by atoms with Gasteiger partial charge in [-0.2, -0.15) is 0 Å². The second-order valence-electron chi connectivity index (χ2n) is 6.86. The topological polar surface area (TPSA) is 71.1 Å². The number of methoxy groups -OCH3 is 1. The molecule has 1 fully saturated rings. The lowest BCUT2D eigenvalue weighted by molar-refractivity contribution is 0.0792. The van der Waals surface area contributed by atoms with Crippen molar-refractivity contribution in [1.82, 2.24) is 19.9 Å². The molecule has 26 heavy (non-hydrogen) atoms. The van der Waals surface area contributed by atoms with Crippen LogP contribution in [0.3, 0.4) is 0 Å². The molecule has 1 aromatic carbocycles. The van der Waals surface area contributed by atoms with Crippen LogP contribution in [0, 0.1) is 13.8 Å². The van der Waals surface area contributed by atoms with Crippen molar-refractivity contribution < 1.29 is 9.53 Å². The lowest BCUT2D eigenvalue weighted by Gasteiger charge is -2.16. The molecule has 2 aromatic heterocycles. The monoisotopic (exact) mass is 350 g/mol. The third-order valence-electron chi connectivity index (χ3n) is 4.96. The van der Waals surface area contributed by atoms with E-state index >= 15 is 0 Å². The molecule has 1 saturated heterocycles. The first-order valence-corrected chi connectivity index (χ1v) is 8.81. The first-order chi connectivity index (χ1) is 12.5. The fourth-order valence-electron chi connectivity index (χ4n) is 3.67. The fraction of sp³-hybridized carbons (Fsp3) is 0.350. The smallest absolute Gasteiger partial charge is 0.256 e. The molecule has 1 aliphatic rings. The van der Waals surface area contributed by atoms with Gasteiger partial charge in [0.25, 0.3) is 5.91 Å². The van der Waals surface area contributed by atoms with Gasteiger partial charge in [0.2, 0.25) is 0 Å². The zero-order valence-corrected chi connectivity index (χ0v) is 15.2. The van der Waals surface area contributed by atoms with E-state index in [1.165, 1.54) is 0 Å². The molecule has 0 unspecified atom stereocenters. The third-order valence-corrected chi connectivity index (χ3v) is 4.96. The van der Waals surface area contributed by atoms with Crippen LogP contribution in [-0.2, 0) is 0 Å². The first-order valence-electron chi connectivity index (χ1n) is 8.81. The van der Waals surface area contributed by atoms with Gasteiger partial charge in [-0.1, -0.05) is 0 Å². The quantitative estimate of drug-likeness (QED) is 0.787. The summed E-state index contributed by atoms with van der Waals surface area (Å²) in [5, 5.41) is 0.889. The average molecular weight is 350 g/mol. The van der Waals surface area contributed by atoms with Crippen molar-refractivity contribution in [3.63, 3.8) is 0 Å². The summed E-state index contributed by atoms with van der Waals surface area (Å²) in [5.74, 6) is 1.82. The highest BCUT2D eigenvalue weighted by Crippen LogP contribution is 2.29. The number of aromatic nitrogens is 3. The molecule has 6 nitrogen and oxygen atoms in total. The first kappa shape index (κ1) is 16.6. The summed E-state index contributed by atoms with van der Waals surface area (Å²) in [6.07, 6.45) is 2.67. The number of nitrogens with zero attached hydrogens (tertiary/aromatic N) is 3. The molecule has 0 bridgehead atoms. The number of aromatic amines is 1. The Morgan fingerprint density at radius 1 is 1.23 bits per heavy atom. The van der Waals surface area contributed by atoms with E-state index < -0.39 is 0 Å². The van der Waals surface area contributed by atoms with Gasteiger partial charge in [0.1, 0.15) is 11.6 Å². The lowest BCUT2D eigenvalue weighted by atomic mass is 10.1. The summed E-state index contributed by atoms with van der Waals surface area (Å²) in [4.78, 5) is 27.3. The highest BCUT2D eigenvalue weighted by Gasteiger charge is 2.31. The van der Waals surface area contributed by atoms with E-state index in [1.54, 1.807) is 13.3 Å². The Morgan fingerprint density at radius 3 is 2.73 bits per heavy atom. The maximum atomic E-state index is 13.1. The van der Waals surface area contributed by atoms with Crippen LogP contribution in [0.15, 0.2) is 30.5 Å². The van der Waals surface area contributed by atoms with Crippen molar-refractivity contribution >= 4 is 16.8 Å². The number of carbonyl (C=O) groups excluding carboxylic acids is 1. The van der Waals surface area contributed by atoms with Crippen LogP contribution >= 0.6 is 0 Å². The lowest BCUT2D eigenvalue weighted by Crippen LogP contribution is -2.28. The van der Waals surface area contributed by atoms with Gasteiger partial charge >= 0.3 is 0 Å². The normalized spacial score (nSPS) is 17.0. The Hall–Kier alpha value is -2.89. The summed E-state index contributed by atoms with van der Waals surface area (Å²) in [7, 11) is 1.63. The number of amides is 1. The summed E-state index contributed by atoms with van der Waals surface area (Å²) in [6, 6.07) is 7.69. The SMILES string of the molecule is COc1ccc2[nH]cc(C(=O)N3CC[C@H](c4nc(C)cc(C)n4)C3)c2c1. The van der Waals surface area contributed by atoms with Crippen molar-refractivity contribution in [2.45, 2.75) is 26.2 Å². The molecule has 0 radical (unpaired) electrons. The summed E-state index contributed by atoms with van der Waals surface area (Å²) >= 11 is 0. The van der Waals surface area contributed by atoms with Crippen LogP contribution in [0.1, 0.15) is 39.9 Å². The number of likely N-dealkylation sites (tertiary alicyclic amines) is 1. The Balaban J connectivity index is 1.58. The van der Waals surface area contributed by atoms with Crippen LogP contribution < -0.4 is 4.74 Å². The summed E-state index contributed by atoms with van der Waals surface area (Å²) < 4.78 is 5.29. The molecule has 1 N–H and O–H groups in total. The maximum Gasteiger partial charge on any atom is 0.256 e. The minimum atomic E-state index is 0.0383. The van der Waals surface area contributed by atoms with E-state index in [0.29, 0.717) is 12.1 Å². The van der Waals surface area contributed by atoms with Crippen LogP contribution in [0.2, 0.25) is 0 Å². The summed E-state index contributed by atoms with van der Waals surface area (Å²) in [5.41, 5.74) is 3.56. The highest BCUT2D eigenvalue weighted by atomic mass is 16.5. The summed E-state index contributed by atoms with van der Waals surface area (Å²) in [6.45, 7) is 5.33. The van der Waals surface area contributed by atoms with Crippen molar-refractivity contribution in [3.05, 3.63) is 53.2 Å². The molecule has 1 aliphatic heterocycles. The molecular formula is C20H22N4O2. The number of ether oxygens (including phenoxy) is 1. The second-order valence-corrected chi connectivity index (χ2v) is 6.86. The zero-order valence-electron chi connectivity index (χ0n) is 15.2. The van der Waals surface area contributed by atoms with Crippen LogP contribution in [0.25, 0.3) is 10.9 Å². The molecular weight excluding hydrogens is 328 g/mol. The van der Waals surface area contributed by atoms with Gasteiger partial charge in [-0.3, -0.25) is 4.79 Å². The second kappa shape index (κ2) is 6.44. The molecule has 0 saturated carbocycles. The minimum Gasteiger partial charge on any atom is -0.497 e. The van der Waals surface area contributed by atoms with Crippen molar-refractivity contribution in [1.29, 1.82) is 0 Å². The van der Waals surface area contributed by atoms with Crippen LogP contribution in [-0.4, -0.2) is 46.0 Å². The van der Waals surface area contributed by atoms with Gasteiger partial charge in [0.05, 0.1) is 12.7 Å². The number of hydrogen-bond acceptors (Lipinski definition) is 4. The van der Waals surface area contributed by atoms with E-state index in [0.717, 1.165) is 46.8 Å². The molecule has 3 aromatic rings. The van der Waals surface area contributed by atoms with E-state index in [-0.39, 0.29) is 11.8 Å². The molecule has 3 heterocycles. The molecule has 0 spiro atoms. The number of hydrogen-bond donors (Lipinski definition) is 1. The standard InChI is InChI=1S/C20H22N4O2/c1-12-8-13(2)23-19(22-12)14-6-7-24(11-14)20(25)17-10-21-18-5-4-15(26-3)9-16(17)18/h4-5,8-10,14,21H,6-7,11H2,1-3H3/t14-/m0/s1. The fourth-order valence-corrected chi connectivity index (χ4v) is 3.67. The minimum absolute atomic E-state index is 0.0383. The number of H-pyrrole nitrogens is 1. The van der Waals surface area contributed by atoms with Gasteiger partial charge < -0.3 is 14.6 Å². The molecule has 4 rings (SSSR count). The molecule has 0 aliphatic carbocycles. The highest BCUT2D eigenvalue weighted by molar-refractivity contribution is 6.07. The number of aryl methyl sites for hydroxylation is 2. The number of rotatable bonds is 3. The Labute approximate surface area is 152 Å². The Morgan fingerprint density at radius 2 is 2.00 bits per heavy atom. The van der Waals surface area contributed by atoms with Crippen molar-refractivity contribution in [2.24, 2.45) is 0 Å². The number of nitrogens with one attached hydrogen (secondary N) is 1. The third kappa shape index (κ3) is 2.92. The van der Waals surface area contributed by atoms with Gasteiger partial charge in [-0.25, -0.2) is 9.97 Å². The Kier molecular flexibility index (Phi) is 4.11. The van der Waals surface area contributed by atoms with Crippen molar-refractivity contribution in [3.8, 4) is 5.75 Å². The Bertz CT molecular complexity index is 959. The van der Waals surface area contributed by atoms with Crippen molar-refractivity contribution in [2.75, 3.05) is 20.2 Å². The van der Waals surface area contributed by atoms with Gasteiger partial charge in [-0.05, 0) is 44.5 Å². The van der Waals surface area contributed by atoms with Gasteiger partial charge in [0, 0.05) is 47.5 Å². The molecule has 1 atom stereocenters. The van der Waals surface area contributed by atoms with E-state index in [1.807, 2.05) is 43.0 Å². The van der Waals surface area contributed by atoms with Crippen LogP contribution in [0.4, 0.5) is 0 Å². The van der Waals surface area contributed by atoms with Gasteiger partial charge in [-0.15, -0.1) is 0 Å². The molecule has 1 amide bonds. The number of fused-ring (bicyclic) bond motifs is 1. The maximum absolute atomic E-state index is 13.1. The number of carbonyl (C=O) groups is 1. The predicted octanol–water partition coefficient (Wildman–Crippen LogP) is 3.21. The predicted molar refractivity (Wildman–Crippen MR) is 99.6 cm³/mol. The van der Waals surface area contributed by atoms with E-state index in [9.17, 15) is 4.79 Å². The molecule has 6 heteroatoms. The van der Waals surface area contributed by atoms with Crippen LogP contribution in [0.5, 0.6) is 5.75 Å². The average Bonchev–Trinajstić information content (AvgIpc) is 3.27. The van der Waals surface area contributed by atoms with E-state index in [2.05, 4.69) is 15.0 Å². The largest absolute Gasteiger partial charge is 0.497 e. The number of benzene rings is 1. The van der Waals surface area contributed by atoms with E-state index in [4.69, 9.17) is 4.74 Å².